The van der Waals surface area contributed by atoms with Crippen molar-refractivity contribution >= 4 is 44.3 Å². The summed E-state index contributed by atoms with van der Waals surface area (Å²) in [5.74, 6) is 1.75. The molecule has 0 unspecified atom stereocenters. The summed E-state index contributed by atoms with van der Waals surface area (Å²) in [7, 11) is 0. The second-order valence-corrected chi connectivity index (χ2v) is 6.89. The summed E-state index contributed by atoms with van der Waals surface area (Å²) in [6.07, 6.45) is 1.98. The van der Waals surface area contributed by atoms with E-state index >= 15 is 0 Å². The van der Waals surface area contributed by atoms with E-state index < -0.39 is 0 Å². The standard InChI is InChI=1S/C16H19BrIN3/c1-4-8-19-16-14(18)13(5-2)20-15(21-16)12-7-6-11(17)9-10(12)3/h6-7,9H,4-5,8H2,1-3H3,(H,19,20,21). The van der Waals surface area contributed by atoms with Crippen molar-refractivity contribution in [2.75, 3.05) is 11.9 Å². The monoisotopic (exact) mass is 459 g/mol. The largest absolute Gasteiger partial charge is 0.369 e. The third-order valence-electron chi connectivity index (χ3n) is 3.23. The van der Waals surface area contributed by atoms with Gasteiger partial charge in [-0.25, -0.2) is 9.97 Å². The molecule has 0 aliphatic rings. The van der Waals surface area contributed by atoms with Gasteiger partial charge in [0.1, 0.15) is 5.82 Å². The van der Waals surface area contributed by atoms with E-state index in [-0.39, 0.29) is 0 Å². The summed E-state index contributed by atoms with van der Waals surface area (Å²) < 4.78 is 2.20. The van der Waals surface area contributed by atoms with Crippen LogP contribution in [0.25, 0.3) is 11.4 Å². The zero-order chi connectivity index (χ0) is 15.4. The lowest BCUT2D eigenvalue weighted by molar-refractivity contribution is 0.942. The van der Waals surface area contributed by atoms with Crippen LogP contribution in [0.15, 0.2) is 22.7 Å². The lowest BCUT2D eigenvalue weighted by Gasteiger charge is -2.13. The van der Waals surface area contributed by atoms with Gasteiger partial charge in [0.2, 0.25) is 0 Å². The molecule has 112 valence electrons. The number of nitrogens with one attached hydrogen (secondary N) is 1. The van der Waals surface area contributed by atoms with E-state index in [4.69, 9.17) is 9.97 Å². The van der Waals surface area contributed by atoms with Crippen molar-refractivity contribution in [1.29, 1.82) is 0 Å². The van der Waals surface area contributed by atoms with Gasteiger partial charge in [0.15, 0.2) is 5.82 Å². The first-order valence-electron chi connectivity index (χ1n) is 7.13. The molecule has 0 fully saturated rings. The van der Waals surface area contributed by atoms with Crippen LogP contribution in [0.5, 0.6) is 0 Å². The molecule has 1 aromatic carbocycles. The van der Waals surface area contributed by atoms with Crippen LogP contribution in [0, 0.1) is 10.5 Å². The van der Waals surface area contributed by atoms with Crippen LogP contribution in [-0.2, 0) is 6.42 Å². The molecule has 3 nitrogen and oxygen atoms in total. The Morgan fingerprint density at radius 3 is 2.62 bits per heavy atom. The molecule has 1 heterocycles. The second-order valence-electron chi connectivity index (χ2n) is 4.90. The highest BCUT2D eigenvalue weighted by atomic mass is 127. The molecule has 0 saturated carbocycles. The van der Waals surface area contributed by atoms with Gasteiger partial charge in [-0.15, -0.1) is 0 Å². The van der Waals surface area contributed by atoms with Gasteiger partial charge in [0.05, 0.1) is 9.26 Å². The number of benzene rings is 1. The summed E-state index contributed by atoms with van der Waals surface area (Å²) in [5.41, 5.74) is 3.36. The van der Waals surface area contributed by atoms with Crippen molar-refractivity contribution in [3.63, 3.8) is 0 Å². The maximum atomic E-state index is 4.75. The van der Waals surface area contributed by atoms with Crippen molar-refractivity contribution in [1.82, 2.24) is 9.97 Å². The molecular weight excluding hydrogens is 441 g/mol. The zero-order valence-corrected chi connectivity index (χ0v) is 16.2. The lowest BCUT2D eigenvalue weighted by atomic mass is 10.1. The number of aryl methyl sites for hydroxylation is 2. The minimum absolute atomic E-state index is 0.802. The fourth-order valence-electron chi connectivity index (χ4n) is 2.09. The van der Waals surface area contributed by atoms with Gasteiger partial charge < -0.3 is 5.32 Å². The van der Waals surface area contributed by atoms with Gasteiger partial charge in [0.25, 0.3) is 0 Å². The molecule has 5 heteroatoms. The predicted octanol–water partition coefficient (Wildman–Crippen LogP) is 5.20. The topological polar surface area (TPSA) is 37.8 Å². The third kappa shape index (κ3) is 3.94. The lowest BCUT2D eigenvalue weighted by Crippen LogP contribution is -2.09. The molecule has 1 aromatic heterocycles. The number of anilines is 1. The molecule has 0 saturated heterocycles. The van der Waals surface area contributed by atoms with Gasteiger partial charge in [-0.2, -0.15) is 0 Å². The number of aromatic nitrogens is 2. The average Bonchev–Trinajstić information content (AvgIpc) is 2.46. The first kappa shape index (κ1) is 16.7. The van der Waals surface area contributed by atoms with E-state index in [1.807, 2.05) is 6.07 Å². The van der Waals surface area contributed by atoms with E-state index in [0.29, 0.717) is 0 Å². The van der Waals surface area contributed by atoms with E-state index in [1.165, 1.54) is 5.56 Å². The van der Waals surface area contributed by atoms with Gasteiger partial charge in [-0.3, -0.25) is 0 Å². The van der Waals surface area contributed by atoms with E-state index in [1.54, 1.807) is 0 Å². The van der Waals surface area contributed by atoms with Gasteiger partial charge in [-0.05, 0) is 66.1 Å². The van der Waals surface area contributed by atoms with Crippen LogP contribution in [-0.4, -0.2) is 16.5 Å². The number of halogens is 2. The molecule has 21 heavy (non-hydrogen) atoms. The molecule has 0 aliphatic heterocycles. The number of rotatable bonds is 5. The van der Waals surface area contributed by atoms with Crippen LogP contribution in [0.4, 0.5) is 5.82 Å². The molecule has 0 radical (unpaired) electrons. The predicted molar refractivity (Wildman–Crippen MR) is 101 cm³/mol. The minimum atomic E-state index is 0.802. The van der Waals surface area contributed by atoms with Crippen LogP contribution >= 0.6 is 38.5 Å². The van der Waals surface area contributed by atoms with E-state index in [2.05, 4.69) is 76.7 Å². The van der Waals surface area contributed by atoms with Crippen molar-refractivity contribution < 1.29 is 0 Å². The second kappa shape index (κ2) is 7.54. The Hall–Kier alpha value is -0.690. The summed E-state index contributed by atoms with van der Waals surface area (Å²) >= 11 is 5.84. The normalized spacial score (nSPS) is 10.7. The molecule has 1 N–H and O–H groups in total. The smallest absolute Gasteiger partial charge is 0.162 e. The zero-order valence-electron chi connectivity index (χ0n) is 12.5. The maximum Gasteiger partial charge on any atom is 0.162 e. The number of nitrogens with zero attached hydrogens (tertiary/aromatic N) is 2. The quantitative estimate of drug-likeness (QED) is 0.624. The van der Waals surface area contributed by atoms with E-state index in [9.17, 15) is 0 Å². The summed E-state index contributed by atoms with van der Waals surface area (Å²) in [6, 6.07) is 6.21. The SMILES string of the molecule is CCCNc1nc(-c2ccc(Br)cc2C)nc(CC)c1I. The Bertz CT molecular complexity index is 644. The highest BCUT2D eigenvalue weighted by Gasteiger charge is 2.13. The molecular formula is C16H19BrIN3. The number of hydrogen-bond donors (Lipinski definition) is 1. The van der Waals surface area contributed by atoms with Crippen LogP contribution < -0.4 is 5.32 Å². The molecule has 2 aromatic rings. The first-order valence-corrected chi connectivity index (χ1v) is 9.00. The third-order valence-corrected chi connectivity index (χ3v) is 4.85. The van der Waals surface area contributed by atoms with E-state index in [0.717, 1.165) is 50.3 Å². The highest BCUT2D eigenvalue weighted by molar-refractivity contribution is 14.1. The van der Waals surface area contributed by atoms with Gasteiger partial charge in [0, 0.05) is 16.6 Å². The van der Waals surface area contributed by atoms with Crippen molar-refractivity contribution in [2.45, 2.75) is 33.6 Å². The summed E-state index contributed by atoms with van der Waals surface area (Å²) in [5, 5.41) is 3.41. The molecule has 2 rings (SSSR count). The van der Waals surface area contributed by atoms with Crippen molar-refractivity contribution in [3.05, 3.63) is 37.5 Å². The fraction of sp³-hybridized carbons (Fsp3) is 0.375. The number of hydrogen-bond acceptors (Lipinski definition) is 3. The Balaban J connectivity index is 2.52. The Kier molecular flexibility index (Phi) is 5.98. The molecule has 0 aliphatic carbocycles. The fourth-order valence-corrected chi connectivity index (χ4v) is 3.38. The molecule has 0 atom stereocenters. The van der Waals surface area contributed by atoms with Crippen LogP contribution in [0.2, 0.25) is 0 Å². The van der Waals surface area contributed by atoms with Gasteiger partial charge in [-0.1, -0.05) is 29.8 Å². The summed E-state index contributed by atoms with van der Waals surface area (Å²) in [6.45, 7) is 7.30. The van der Waals surface area contributed by atoms with Crippen molar-refractivity contribution in [2.24, 2.45) is 0 Å². The molecule has 0 bridgehead atoms. The first-order chi connectivity index (χ1) is 10.1. The minimum Gasteiger partial charge on any atom is -0.369 e. The molecule has 0 amide bonds. The maximum absolute atomic E-state index is 4.75. The van der Waals surface area contributed by atoms with Crippen LogP contribution in [0.3, 0.4) is 0 Å². The molecule has 0 spiro atoms. The van der Waals surface area contributed by atoms with Crippen LogP contribution in [0.1, 0.15) is 31.5 Å². The summed E-state index contributed by atoms with van der Waals surface area (Å²) in [4.78, 5) is 9.48. The highest BCUT2D eigenvalue weighted by Crippen LogP contribution is 2.28. The van der Waals surface area contributed by atoms with Crippen molar-refractivity contribution in [3.8, 4) is 11.4 Å². The Labute approximate surface area is 148 Å². The Morgan fingerprint density at radius 1 is 1.24 bits per heavy atom. The average molecular weight is 460 g/mol. The van der Waals surface area contributed by atoms with Gasteiger partial charge >= 0.3 is 0 Å². The Morgan fingerprint density at radius 2 is 2.00 bits per heavy atom.